The molecule has 0 saturated heterocycles. The molecule has 0 spiro atoms. The molecule has 0 fully saturated rings. The Bertz CT molecular complexity index is 672. The molecule has 1 aromatic heterocycles. The van der Waals surface area contributed by atoms with E-state index in [0.717, 1.165) is 11.1 Å². The van der Waals surface area contributed by atoms with Crippen LogP contribution < -0.4 is 4.90 Å². The topological polar surface area (TPSA) is 59.3 Å². The summed E-state index contributed by atoms with van der Waals surface area (Å²) < 4.78 is 0. The second kappa shape index (κ2) is 6.28. The van der Waals surface area contributed by atoms with E-state index in [0.29, 0.717) is 22.4 Å². The van der Waals surface area contributed by atoms with Gasteiger partial charge in [-0.3, -0.25) is 10.1 Å². The first-order valence-corrected chi connectivity index (χ1v) is 6.89. The van der Waals surface area contributed by atoms with Gasteiger partial charge in [0.1, 0.15) is 12.0 Å². The van der Waals surface area contributed by atoms with Crippen LogP contribution in [0.4, 0.5) is 11.5 Å². The van der Waals surface area contributed by atoms with Gasteiger partial charge in [0.15, 0.2) is 0 Å². The lowest BCUT2D eigenvalue weighted by molar-refractivity contribution is -0.385. The average Bonchev–Trinajstić information content (AvgIpc) is 2.36. The van der Waals surface area contributed by atoms with Gasteiger partial charge in [-0.2, -0.15) is 0 Å². The number of nitro groups is 1. The van der Waals surface area contributed by atoms with Crippen LogP contribution in [0.25, 0.3) is 0 Å². The monoisotopic (exact) mass is 325 g/mol. The largest absolute Gasteiger partial charge is 0.355 e. The van der Waals surface area contributed by atoms with Crippen molar-refractivity contribution in [3.8, 4) is 0 Å². The van der Waals surface area contributed by atoms with Crippen LogP contribution in [0, 0.1) is 17.0 Å². The van der Waals surface area contributed by atoms with E-state index in [2.05, 4.69) is 4.98 Å². The second-order valence-corrected chi connectivity index (χ2v) is 5.60. The normalized spacial score (nSPS) is 10.5. The van der Waals surface area contributed by atoms with Crippen molar-refractivity contribution in [3.05, 3.63) is 61.7 Å². The molecule has 0 radical (unpaired) electrons. The minimum Gasteiger partial charge on any atom is -0.355 e. The van der Waals surface area contributed by atoms with Gasteiger partial charge >= 0.3 is 0 Å². The molecule has 0 aliphatic heterocycles. The van der Waals surface area contributed by atoms with Crippen LogP contribution in [0.5, 0.6) is 0 Å². The summed E-state index contributed by atoms with van der Waals surface area (Å²) in [5.41, 5.74) is 1.66. The maximum atomic E-state index is 10.7. The summed E-state index contributed by atoms with van der Waals surface area (Å²) in [6.07, 6.45) is 1.25. The molecule has 2 aromatic rings. The van der Waals surface area contributed by atoms with Crippen molar-refractivity contribution >= 4 is 34.7 Å². The van der Waals surface area contributed by atoms with Gasteiger partial charge in [0.25, 0.3) is 5.69 Å². The first kappa shape index (κ1) is 15.5. The molecule has 0 N–H and O–H groups in total. The van der Waals surface area contributed by atoms with Crippen LogP contribution in [-0.4, -0.2) is 17.0 Å². The Morgan fingerprint density at radius 3 is 2.38 bits per heavy atom. The van der Waals surface area contributed by atoms with Crippen LogP contribution in [0.2, 0.25) is 10.0 Å². The highest BCUT2D eigenvalue weighted by Crippen LogP contribution is 2.24. The van der Waals surface area contributed by atoms with Crippen molar-refractivity contribution in [1.82, 2.24) is 4.98 Å². The molecule has 2 rings (SSSR count). The van der Waals surface area contributed by atoms with Crippen LogP contribution in [0.3, 0.4) is 0 Å². The zero-order valence-electron chi connectivity index (χ0n) is 11.5. The zero-order valence-corrected chi connectivity index (χ0v) is 13.0. The second-order valence-electron chi connectivity index (χ2n) is 4.72. The number of nitrogens with zero attached hydrogens (tertiary/aromatic N) is 3. The van der Waals surface area contributed by atoms with Crippen LogP contribution >= 0.6 is 23.2 Å². The zero-order chi connectivity index (χ0) is 15.6. The maximum Gasteiger partial charge on any atom is 0.287 e. The lowest BCUT2D eigenvalue weighted by atomic mass is 10.2. The average molecular weight is 326 g/mol. The number of rotatable bonds is 4. The number of aryl methyl sites for hydroxylation is 1. The molecule has 0 amide bonds. The molecular weight excluding hydrogens is 313 g/mol. The number of aromatic nitrogens is 1. The predicted octanol–water partition coefficient (Wildman–Crippen LogP) is 4.24. The Balaban J connectivity index is 2.24. The highest BCUT2D eigenvalue weighted by atomic mass is 35.5. The molecule has 0 aliphatic carbocycles. The molecule has 5 nitrogen and oxygen atoms in total. The van der Waals surface area contributed by atoms with Crippen molar-refractivity contribution < 1.29 is 4.92 Å². The minimum atomic E-state index is -0.458. The first-order chi connectivity index (χ1) is 9.86. The van der Waals surface area contributed by atoms with E-state index in [1.807, 2.05) is 24.1 Å². The van der Waals surface area contributed by atoms with Gasteiger partial charge in [0.2, 0.25) is 0 Å². The van der Waals surface area contributed by atoms with E-state index in [-0.39, 0.29) is 5.69 Å². The maximum absolute atomic E-state index is 10.7. The third-order valence-electron chi connectivity index (χ3n) is 2.95. The molecule has 110 valence electrons. The van der Waals surface area contributed by atoms with Crippen LogP contribution in [-0.2, 0) is 6.54 Å². The highest BCUT2D eigenvalue weighted by Gasteiger charge is 2.13. The summed E-state index contributed by atoms with van der Waals surface area (Å²) in [5.74, 6) is 0.677. The molecule has 7 heteroatoms. The van der Waals surface area contributed by atoms with Gasteiger partial charge in [-0.25, -0.2) is 4.98 Å². The van der Waals surface area contributed by atoms with Crippen LogP contribution in [0.1, 0.15) is 11.1 Å². The summed E-state index contributed by atoms with van der Waals surface area (Å²) >= 11 is 11.9. The number of anilines is 1. The Labute approximate surface area is 132 Å². The summed E-state index contributed by atoms with van der Waals surface area (Å²) in [6.45, 7) is 2.34. The van der Waals surface area contributed by atoms with Crippen molar-refractivity contribution in [2.45, 2.75) is 13.5 Å². The number of benzene rings is 1. The third kappa shape index (κ3) is 3.83. The molecule has 1 heterocycles. The van der Waals surface area contributed by atoms with Crippen molar-refractivity contribution in [2.24, 2.45) is 0 Å². The molecule has 0 saturated carbocycles. The molecule has 0 bridgehead atoms. The molecule has 1 aromatic carbocycles. The van der Waals surface area contributed by atoms with Crippen LogP contribution in [0.15, 0.2) is 30.5 Å². The number of hydrogen-bond acceptors (Lipinski definition) is 4. The van der Waals surface area contributed by atoms with Gasteiger partial charge < -0.3 is 4.90 Å². The summed E-state index contributed by atoms with van der Waals surface area (Å²) in [4.78, 5) is 16.3. The first-order valence-electron chi connectivity index (χ1n) is 6.14. The Morgan fingerprint density at radius 2 is 1.86 bits per heavy atom. The van der Waals surface area contributed by atoms with E-state index >= 15 is 0 Å². The van der Waals surface area contributed by atoms with E-state index in [9.17, 15) is 10.1 Å². The number of hydrogen-bond donors (Lipinski definition) is 0. The Kier molecular flexibility index (Phi) is 4.65. The highest BCUT2D eigenvalue weighted by molar-refractivity contribution is 6.34. The number of halogens is 2. The van der Waals surface area contributed by atoms with Crippen molar-refractivity contribution in [2.75, 3.05) is 11.9 Å². The molecule has 0 atom stereocenters. The van der Waals surface area contributed by atoms with E-state index in [4.69, 9.17) is 23.2 Å². The fourth-order valence-corrected chi connectivity index (χ4v) is 2.67. The van der Waals surface area contributed by atoms with Crippen molar-refractivity contribution in [1.29, 1.82) is 0 Å². The van der Waals surface area contributed by atoms with E-state index in [1.54, 1.807) is 13.0 Å². The predicted molar refractivity (Wildman–Crippen MR) is 84.2 cm³/mol. The van der Waals surface area contributed by atoms with Crippen molar-refractivity contribution in [3.63, 3.8) is 0 Å². The minimum absolute atomic E-state index is 0.0181. The van der Waals surface area contributed by atoms with Gasteiger partial charge in [-0.05, 0) is 36.2 Å². The van der Waals surface area contributed by atoms with Gasteiger partial charge in [0, 0.05) is 29.7 Å². The SMILES string of the molecule is Cc1cc([N+](=O)[O-])cnc1N(C)Cc1cc(Cl)cc(Cl)c1. The third-order valence-corrected chi connectivity index (χ3v) is 3.39. The fraction of sp³-hybridized carbons (Fsp3) is 0.214. The molecular formula is C14H13Cl2N3O2. The molecule has 0 unspecified atom stereocenters. The summed E-state index contributed by atoms with van der Waals surface area (Å²) in [5, 5.41) is 11.9. The van der Waals surface area contributed by atoms with Gasteiger partial charge in [0.05, 0.1) is 4.92 Å². The van der Waals surface area contributed by atoms with E-state index in [1.165, 1.54) is 12.3 Å². The lowest BCUT2D eigenvalue weighted by Gasteiger charge is -2.20. The van der Waals surface area contributed by atoms with E-state index < -0.39 is 4.92 Å². The van der Waals surface area contributed by atoms with Gasteiger partial charge in [-0.15, -0.1) is 0 Å². The fourth-order valence-electron chi connectivity index (χ4n) is 2.10. The summed E-state index contributed by atoms with van der Waals surface area (Å²) in [6, 6.07) is 6.82. The standard InChI is InChI=1S/C14H13Cl2N3O2/c1-9-3-13(19(20)21)7-17-14(9)18(2)8-10-4-11(15)6-12(16)5-10/h3-7H,8H2,1-2H3. The quantitative estimate of drug-likeness (QED) is 0.623. The Morgan fingerprint density at radius 1 is 1.24 bits per heavy atom. The Hall–Kier alpha value is -1.85. The van der Waals surface area contributed by atoms with Gasteiger partial charge in [-0.1, -0.05) is 23.2 Å². The summed E-state index contributed by atoms with van der Waals surface area (Å²) in [7, 11) is 1.86. The molecule has 21 heavy (non-hydrogen) atoms. The number of pyridine rings is 1. The smallest absolute Gasteiger partial charge is 0.287 e. The lowest BCUT2D eigenvalue weighted by Crippen LogP contribution is -2.19. The molecule has 0 aliphatic rings.